The molecule has 1 aliphatic heterocycles. The number of halogens is 1. The molecule has 1 aromatic heterocycles. The van der Waals surface area contributed by atoms with Crippen molar-refractivity contribution in [3.8, 4) is 0 Å². The molecule has 4 nitrogen and oxygen atoms in total. The molecule has 0 amide bonds. The maximum atomic E-state index is 5.90. The zero-order valence-corrected chi connectivity index (χ0v) is 11.5. The number of rotatable bonds is 2. The van der Waals surface area contributed by atoms with Gasteiger partial charge in [-0.15, -0.1) is 0 Å². The lowest BCUT2D eigenvalue weighted by atomic mass is 10.1. The average molecular weight is 273 g/mol. The number of aromatic nitrogens is 2. The highest BCUT2D eigenvalue weighted by molar-refractivity contribution is 6.28. The predicted octanol–water partition coefficient (Wildman–Crippen LogP) is 3.42. The van der Waals surface area contributed by atoms with E-state index in [1.54, 1.807) is 0 Å². The van der Waals surface area contributed by atoms with E-state index >= 15 is 0 Å². The molecule has 1 aromatic carbocycles. The first-order valence-corrected chi connectivity index (χ1v) is 6.42. The van der Waals surface area contributed by atoms with Crippen molar-refractivity contribution in [2.24, 2.45) is 4.99 Å². The number of hydrogen-bond acceptors (Lipinski definition) is 4. The highest BCUT2D eigenvalue weighted by Gasteiger charge is 2.10. The maximum absolute atomic E-state index is 5.90. The third-order valence-corrected chi connectivity index (χ3v) is 3.43. The Morgan fingerprint density at radius 1 is 1.21 bits per heavy atom. The van der Waals surface area contributed by atoms with Crippen LogP contribution in [0.1, 0.15) is 22.4 Å². The number of nitrogens with zero attached hydrogens (tertiary/aromatic N) is 3. The van der Waals surface area contributed by atoms with Crippen LogP contribution in [0.25, 0.3) is 0 Å². The zero-order valence-electron chi connectivity index (χ0n) is 10.7. The molecule has 96 valence electrons. The normalized spacial score (nSPS) is 12.6. The molecule has 0 spiro atoms. The Balaban J connectivity index is 1.95. The van der Waals surface area contributed by atoms with E-state index in [2.05, 4.69) is 32.4 Å². The van der Waals surface area contributed by atoms with E-state index in [-0.39, 0.29) is 5.28 Å². The van der Waals surface area contributed by atoms with Gasteiger partial charge in [0.2, 0.25) is 5.28 Å². The topological polar surface area (TPSA) is 50.2 Å². The van der Waals surface area contributed by atoms with Gasteiger partial charge in [-0.2, -0.15) is 0 Å². The van der Waals surface area contributed by atoms with Crippen molar-refractivity contribution >= 4 is 29.3 Å². The first-order chi connectivity index (χ1) is 9.13. The smallest absolute Gasteiger partial charge is 0.224 e. The Labute approximate surface area is 116 Å². The van der Waals surface area contributed by atoms with Crippen LogP contribution < -0.4 is 5.32 Å². The Morgan fingerprint density at radius 2 is 2.05 bits per heavy atom. The fourth-order valence-corrected chi connectivity index (χ4v) is 2.24. The van der Waals surface area contributed by atoms with Crippen LogP contribution in [0.4, 0.5) is 11.5 Å². The molecule has 0 aliphatic carbocycles. The quantitative estimate of drug-likeness (QED) is 0.852. The minimum Gasteiger partial charge on any atom is -0.340 e. The molecular formula is C14H13ClN4. The molecule has 0 saturated heterocycles. The van der Waals surface area contributed by atoms with Crippen LogP contribution in [0.3, 0.4) is 0 Å². The van der Waals surface area contributed by atoms with Crippen LogP contribution in [-0.2, 0) is 6.54 Å². The molecule has 19 heavy (non-hydrogen) atoms. The summed E-state index contributed by atoms with van der Waals surface area (Å²) in [5, 5.41) is 3.54. The third-order valence-electron chi connectivity index (χ3n) is 3.26. The second-order valence-corrected chi connectivity index (χ2v) is 4.90. The largest absolute Gasteiger partial charge is 0.340 e. The minimum atomic E-state index is 0.258. The summed E-state index contributed by atoms with van der Waals surface area (Å²) in [5.74, 6) is 0.743. The van der Waals surface area contributed by atoms with Crippen LogP contribution in [0.5, 0.6) is 0 Å². The monoisotopic (exact) mass is 272 g/mol. The van der Waals surface area contributed by atoms with E-state index < -0.39 is 0 Å². The van der Waals surface area contributed by atoms with Gasteiger partial charge < -0.3 is 5.32 Å². The lowest BCUT2D eigenvalue weighted by Crippen LogP contribution is -2.01. The summed E-state index contributed by atoms with van der Waals surface area (Å²) in [5.41, 5.74) is 5.26. The molecular weight excluding hydrogens is 260 g/mol. The molecule has 1 N–H and O–H groups in total. The molecule has 0 saturated carbocycles. The van der Waals surface area contributed by atoms with Crippen molar-refractivity contribution in [3.63, 3.8) is 0 Å². The van der Waals surface area contributed by atoms with E-state index in [4.69, 9.17) is 11.6 Å². The summed E-state index contributed by atoms with van der Waals surface area (Å²) in [4.78, 5) is 12.6. The third kappa shape index (κ3) is 2.31. The molecule has 1 aliphatic rings. The second kappa shape index (κ2) is 4.63. The van der Waals surface area contributed by atoms with Gasteiger partial charge in [-0.3, -0.25) is 4.99 Å². The van der Waals surface area contributed by atoms with Crippen molar-refractivity contribution < 1.29 is 0 Å². The number of fused-ring (bicyclic) bond motifs is 1. The van der Waals surface area contributed by atoms with Crippen molar-refractivity contribution in [1.82, 2.24) is 9.97 Å². The van der Waals surface area contributed by atoms with E-state index in [0.29, 0.717) is 0 Å². The molecule has 0 unspecified atom stereocenters. The van der Waals surface area contributed by atoms with Gasteiger partial charge in [-0.1, -0.05) is 6.07 Å². The Kier molecular flexibility index (Phi) is 2.95. The molecule has 2 aromatic rings. The lowest BCUT2D eigenvalue weighted by Gasteiger charge is -2.11. The summed E-state index contributed by atoms with van der Waals surface area (Å²) < 4.78 is 0. The summed E-state index contributed by atoms with van der Waals surface area (Å²) in [7, 11) is 0. The van der Waals surface area contributed by atoms with Crippen molar-refractivity contribution in [1.29, 1.82) is 0 Å². The summed E-state index contributed by atoms with van der Waals surface area (Å²) in [6, 6.07) is 6.17. The van der Waals surface area contributed by atoms with Crippen molar-refractivity contribution in [2.75, 3.05) is 5.32 Å². The van der Waals surface area contributed by atoms with Crippen LogP contribution >= 0.6 is 11.6 Å². The van der Waals surface area contributed by atoms with E-state index in [0.717, 1.165) is 34.9 Å². The highest BCUT2D eigenvalue weighted by Crippen LogP contribution is 2.24. The average Bonchev–Trinajstić information content (AvgIpc) is 2.82. The maximum Gasteiger partial charge on any atom is 0.224 e. The van der Waals surface area contributed by atoms with Gasteiger partial charge in [0.25, 0.3) is 0 Å². The number of nitrogens with one attached hydrogen (secondary N) is 1. The number of hydrogen-bond donors (Lipinski definition) is 1. The number of aryl methyl sites for hydroxylation is 1. The van der Waals surface area contributed by atoms with E-state index in [1.807, 2.05) is 26.1 Å². The summed E-state index contributed by atoms with van der Waals surface area (Å²) in [6.45, 7) is 4.67. The summed E-state index contributed by atoms with van der Waals surface area (Å²) in [6.07, 6.45) is 1.89. The second-order valence-electron chi connectivity index (χ2n) is 4.56. The Bertz CT molecular complexity index is 679. The van der Waals surface area contributed by atoms with Crippen molar-refractivity contribution in [2.45, 2.75) is 20.4 Å². The van der Waals surface area contributed by atoms with Gasteiger partial charge >= 0.3 is 0 Å². The predicted molar refractivity (Wildman–Crippen MR) is 77.5 cm³/mol. The molecule has 0 bridgehead atoms. The fourth-order valence-electron chi connectivity index (χ4n) is 2.03. The molecule has 0 radical (unpaired) electrons. The van der Waals surface area contributed by atoms with Gasteiger partial charge in [0, 0.05) is 23.2 Å². The molecule has 3 rings (SSSR count). The molecule has 0 atom stereocenters. The van der Waals surface area contributed by atoms with Gasteiger partial charge in [0.1, 0.15) is 5.82 Å². The van der Waals surface area contributed by atoms with Gasteiger partial charge in [0.05, 0.1) is 6.54 Å². The molecule has 0 fully saturated rings. The van der Waals surface area contributed by atoms with Gasteiger partial charge in [-0.25, -0.2) is 9.97 Å². The number of benzene rings is 1. The standard InChI is InChI=1S/C14H13ClN4/c1-8-9(2)17-14(15)19-13(8)18-12-4-3-10-6-16-7-11(10)5-12/h3-5,7H,6H2,1-2H3,(H,17,18,19). The van der Waals surface area contributed by atoms with Crippen molar-refractivity contribution in [3.05, 3.63) is 45.9 Å². The Morgan fingerprint density at radius 3 is 2.89 bits per heavy atom. The fraction of sp³-hybridized carbons (Fsp3) is 0.214. The first kappa shape index (κ1) is 12.1. The first-order valence-electron chi connectivity index (χ1n) is 6.04. The van der Waals surface area contributed by atoms with E-state index in [9.17, 15) is 0 Å². The molecule has 2 heterocycles. The SMILES string of the molecule is Cc1nc(Cl)nc(Nc2ccc3c(c2)C=NC3)c1C. The number of anilines is 2. The highest BCUT2D eigenvalue weighted by atomic mass is 35.5. The van der Waals surface area contributed by atoms with Crippen LogP contribution in [0, 0.1) is 13.8 Å². The van der Waals surface area contributed by atoms with Crippen LogP contribution in [-0.4, -0.2) is 16.2 Å². The molecule has 5 heteroatoms. The summed E-state index contributed by atoms with van der Waals surface area (Å²) >= 11 is 5.90. The van der Waals surface area contributed by atoms with Gasteiger partial charge in [-0.05, 0) is 48.7 Å². The van der Waals surface area contributed by atoms with Crippen LogP contribution in [0.15, 0.2) is 23.2 Å². The minimum absolute atomic E-state index is 0.258. The Hall–Kier alpha value is -1.94. The van der Waals surface area contributed by atoms with E-state index in [1.165, 1.54) is 5.56 Å². The lowest BCUT2D eigenvalue weighted by molar-refractivity contribution is 1.06. The zero-order chi connectivity index (χ0) is 13.4. The van der Waals surface area contributed by atoms with Crippen LogP contribution in [0.2, 0.25) is 5.28 Å². The number of aliphatic imine (C=N–C) groups is 1. The van der Waals surface area contributed by atoms with Gasteiger partial charge in [0.15, 0.2) is 0 Å².